The molecule has 0 saturated heterocycles. The van der Waals surface area contributed by atoms with Crippen molar-refractivity contribution in [1.82, 2.24) is 9.97 Å². The Hall–Kier alpha value is -2.64. The summed E-state index contributed by atoms with van der Waals surface area (Å²) in [6, 6.07) is 12.5. The van der Waals surface area contributed by atoms with Crippen LogP contribution in [0.4, 0.5) is 0 Å². The number of imidazole rings is 1. The van der Waals surface area contributed by atoms with Gasteiger partial charge in [-0.25, -0.2) is 9.78 Å². The number of aromatic amines is 1. The van der Waals surface area contributed by atoms with E-state index < -0.39 is 17.1 Å². The Labute approximate surface area is 153 Å². The first kappa shape index (κ1) is 18.2. The van der Waals surface area contributed by atoms with Crippen molar-refractivity contribution in [2.45, 2.75) is 24.7 Å². The predicted octanol–water partition coefficient (Wildman–Crippen LogP) is 3.34. The highest BCUT2D eigenvalue weighted by atomic mass is 32.2. The molecular formula is C19H18N2O4S. The number of rotatable bonds is 7. The summed E-state index contributed by atoms with van der Waals surface area (Å²) in [5.74, 6) is -0.936. The van der Waals surface area contributed by atoms with Crippen molar-refractivity contribution >= 4 is 34.0 Å². The van der Waals surface area contributed by atoms with Crippen molar-refractivity contribution < 1.29 is 19.2 Å². The van der Waals surface area contributed by atoms with Gasteiger partial charge >= 0.3 is 5.97 Å². The lowest BCUT2D eigenvalue weighted by molar-refractivity contribution is 0.0685. The topological polar surface area (TPSA) is 106 Å². The lowest BCUT2D eigenvalue weighted by Gasteiger charge is -2.10. The van der Waals surface area contributed by atoms with Gasteiger partial charge in [-0.3, -0.25) is 4.79 Å². The summed E-state index contributed by atoms with van der Waals surface area (Å²) in [4.78, 5) is 31.0. The summed E-state index contributed by atoms with van der Waals surface area (Å²) in [6.45, 7) is 1.80. The third-order valence-electron chi connectivity index (χ3n) is 4.07. The second-order valence-corrected chi connectivity index (χ2v) is 7.53. The fourth-order valence-electron chi connectivity index (χ4n) is 2.76. The molecule has 26 heavy (non-hydrogen) atoms. The van der Waals surface area contributed by atoms with Crippen LogP contribution in [0.25, 0.3) is 11.0 Å². The van der Waals surface area contributed by atoms with Crippen LogP contribution in [0.5, 0.6) is 0 Å². The number of carbonyl (C=O) groups is 2. The van der Waals surface area contributed by atoms with Crippen molar-refractivity contribution in [2.75, 3.05) is 5.75 Å². The molecular weight excluding hydrogens is 352 g/mol. The first-order valence-corrected chi connectivity index (χ1v) is 9.48. The fraction of sp³-hybridized carbons (Fsp3) is 0.211. The Bertz CT molecular complexity index is 953. The van der Waals surface area contributed by atoms with Crippen LogP contribution >= 0.6 is 0 Å². The Morgan fingerprint density at radius 1 is 1.23 bits per heavy atom. The first-order valence-electron chi connectivity index (χ1n) is 8.16. The number of carbonyl (C=O) groups excluding carboxylic acids is 1. The van der Waals surface area contributed by atoms with E-state index in [1.165, 1.54) is 0 Å². The van der Waals surface area contributed by atoms with Crippen molar-refractivity contribution in [3.8, 4) is 0 Å². The van der Waals surface area contributed by atoms with Gasteiger partial charge in [0.05, 0.1) is 11.0 Å². The summed E-state index contributed by atoms with van der Waals surface area (Å²) < 4.78 is 12.2. The molecule has 1 atom stereocenters. The van der Waals surface area contributed by atoms with Crippen LogP contribution in [0.3, 0.4) is 0 Å². The number of Topliss-reactive ketones (excluding diaryl/α,β-unsaturated/α-hetero) is 1. The summed E-state index contributed by atoms with van der Waals surface area (Å²) in [7, 11) is 0. The first-order chi connectivity index (χ1) is 12.5. The third-order valence-corrected chi connectivity index (χ3v) is 5.53. The molecule has 0 aliphatic heterocycles. The van der Waals surface area contributed by atoms with Crippen molar-refractivity contribution in [2.24, 2.45) is 0 Å². The fourth-order valence-corrected chi connectivity index (χ4v) is 3.86. The third kappa shape index (κ3) is 3.95. The molecule has 0 saturated carbocycles. The Morgan fingerprint density at radius 2 is 1.96 bits per heavy atom. The van der Waals surface area contributed by atoms with Crippen molar-refractivity contribution in [3.63, 3.8) is 0 Å². The number of carboxylic acid groups (broad SMARTS) is 1. The van der Waals surface area contributed by atoms with Gasteiger partial charge in [-0.05, 0) is 54.3 Å². The second kappa shape index (κ2) is 7.72. The van der Waals surface area contributed by atoms with E-state index in [2.05, 4.69) is 9.97 Å². The molecule has 3 aromatic rings. The number of ketones is 1. The number of benzene rings is 2. The summed E-state index contributed by atoms with van der Waals surface area (Å²) in [5, 5.41) is 9.01. The number of hydrogen-bond donors (Lipinski definition) is 2. The maximum absolute atomic E-state index is 12.5. The summed E-state index contributed by atoms with van der Waals surface area (Å²) >= 11 is -1.12. The maximum Gasteiger partial charge on any atom is 0.371 e. The largest absolute Gasteiger partial charge is 0.611 e. The highest BCUT2D eigenvalue weighted by molar-refractivity contribution is 7.91. The molecule has 0 fully saturated rings. The molecule has 7 heteroatoms. The molecule has 0 aliphatic rings. The molecule has 0 radical (unpaired) electrons. The van der Waals surface area contributed by atoms with Gasteiger partial charge in [0.1, 0.15) is 5.75 Å². The number of hydrogen-bond acceptors (Lipinski definition) is 4. The van der Waals surface area contributed by atoms with Crippen LogP contribution in [0.15, 0.2) is 47.4 Å². The van der Waals surface area contributed by atoms with E-state index in [1.54, 1.807) is 19.1 Å². The van der Waals surface area contributed by atoms with Crippen LogP contribution in [0.2, 0.25) is 0 Å². The van der Waals surface area contributed by atoms with Crippen molar-refractivity contribution in [1.29, 1.82) is 0 Å². The molecule has 6 nitrogen and oxygen atoms in total. The number of aromatic nitrogens is 2. The standard InChI is InChI=1S/C19H18N2O4S/c1-12-10-15-16(21-18(20-15)19(23)24)11-14(12)17(22)8-5-9-26(25)13-6-3-2-4-7-13/h2-4,6-7,10-11H,5,8-9H2,1H3,(H,20,21)(H,23,24). The lowest BCUT2D eigenvalue weighted by Crippen LogP contribution is -2.09. The van der Waals surface area contributed by atoms with Gasteiger partial charge in [-0.2, -0.15) is 0 Å². The molecule has 0 amide bonds. The Kier molecular flexibility index (Phi) is 5.39. The molecule has 134 valence electrons. The Morgan fingerprint density at radius 3 is 2.65 bits per heavy atom. The quantitative estimate of drug-likeness (QED) is 0.490. The van der Waals surface area contributed by atoms with E-state index in [9.17, 15) is 14.1 Å². The monoisotopic (exact) mass is 370 g/mol. The SMILES string of the molecule is Cc1cc2[nH]c(C(=O)O)nc2cc1C(=O)CCC[S+]([O-])c1ccccc1. The average Bonchev–Trinajstić information content (AvgIpc) is 3.04. The van der Waals surface area contributed by atoms with E-state index in [0.29, 0.717) is 28.8 Å². The van der Waals surface area contributed by atoms with Crippen molar-refractivity contribution in [3.05, 3.63) is 59.4 Å². The molecule has 2 aromatic carbocycles. The van der Waals surface area contributed by atoms with E-state index in [0.717, 1.165) is 10.5 Å². The van der Waals surface area contributed by atoms with Gasteiger partial charge in [0.15, 0.2) is 10.7 Å². The van der Waals surface area contributed by atoms with Crippen LogP contribution in [0.1, 0.15) is 39.4 Å². The second-order valence-electron chi connectivity index (χ2n) is 5.96. The number of carboxylic acids is 1. The van der Waals surface area contributed by atoms with E-state index in [1.807, 2.05) is 30.3 Å². The number of nitrogens with zero attached hydrogens (tertiary/aromatic N) is 1. The minimum Gasteiger partial charge on any atom is -0.611 e. The summed E-state index contributed by atoms with van der Waals surface area (Å²) in [6.07, 6.45) is 0.792. The normalized spacial score (nSPS) is 12.2. The average molecular weight is 370 g/mol. The molecule has 1 unspecified atom stereocenters. The highest BCUT2D eigenvalue weighted by Crippen LogP contribution is 2.20. The van der Waals surface area contributed by atoms with E-state index in [4.69, 9.17) is 5.11 Å². The minimum absolute atomic E-state index is 0.0608. The summed E-state index contributed by atoms with van der Waals surface area (Å²) in [5.41, 5.74) is 2.31. The molecule has 1 aromatic heterocycles. The van der Waals surface area contributed by atoms with Gasteiger partial charge in [-0.15, -0.1) is 0 Å². The van der Waals surface area contributed by atoms with Crippen LogP contribution in [-0.2, 0) is 11.2 Å². The molecule has 1 heterocycles. The lowest BCUT2D eigenvalue weighted by atomic mass is 10.0. The molecule has 0 spiro atoms. The van der Waals surface area contributed by atoms with Crippen LogP contribution in [0, 0.1) is 6.92 Å². The van der Waals surface area contributed by atoms with Gasteiger partial charge in [0, 0.05) is 12.0 Å². The van der Waals surface area contributed by atoms with E-state index >= 15 is 0 Å². The van der Waals surface area contributed by atoms with Gasteiger partial charge < -0.3 is 14.6 Å². The number of aromatic carboxylic acids is 1. The van der Waals surface area contributed by atoms with Gasteiger partial charge in [0.2, 0.25) is 5.82 Å². The number of aryl methyl sites for hydroxylation is 1. The minimum atomic E-state index is -1.14. The molecule has 3 rings (SSSR count). The molecule has 2 N–H and O–H groups in total. The zero-order valence-corrected chi connectivity index (χ0v) is 15.0. The van der Waals surface area contributed by atoms with Gasteiger partial charge in [0.25, 0.3) is 0 Å². The highest BCUT2D eigenvalue weighted by Gasteiger charge is 2.16. The maximum atomic E-state index is 12.5. The zero-order valence-electron chi connectivity index (χ0n) is 14.2. The number of nitrogens with one attached hydrogen (secondary N) is 1. The van der Waals surface area contributed by atoms with Crippen LogP contribution < -0.4 is 0 Å². The van der Waals surface area contributed by atoms with E-state index in [-0.39, 0.29) is 18.0 Å². The number of H-pyrrole nitrogens is 1. The Balaban J connectivity index is 1.67. The van der Waals surface area contributed by atoms with Gasteiger partial charge in [-0.1, -0.05) is 18.2 Å². The zero-order chi connectivity index (χ0) is 18.7. The molecule has 0 bridgehead atoms. The number of fused-ring (bicyclic) bond motifs is 1. The smallest absolute Gasteiger partial charge is 0.371 e. The molecule has 0 aliphatic carbocycles. The predicted molar refractivity (Wildman–Crippen MR) is 99.1 cm³/mol. The van der Waals surface area contributed by atoms with Crippen LogP contribution in [-0.4, -0.2) is 37.1 Å².